The molecule has 7 nitrogen and oxygen atoms in total. The average Bonchev–Trinajstić information content (AvgIpc) is 3.04. The van der Waals surface area contributed by atoms with Crippen molar-refractivity contribution >= 4 is 5.91 Å². The molecule has 1 atom stereocenters. The Kier molecular flexibility index (Phi) is 10.9. The highest BCUT2D eigenvalue weighted by Crippen LogP contribution is 2.41. The topological polar surface area (TPSA) is 54.5 Å². The summed E-state index contributed by atoms with van der Waals surface area (Å²) in [5, 5.41) is 0. The summed E-state index contributed by atoms with van der Waals surface area (Å²) in [6.45, 7) is 11.5. The maximum atomic E-state index is 13.8. The number of carbonyl (C=O) groups is 1. The van der Waals surface area contributed by atoms with Crippen LogP contribution in [-0.4, -0.2) is 92.8 Å². The first kappa shape index (κ1) is 31.6. The lowest BCUT2D eigenvalue weighted by molar-refractivity contribution is -0.132. The zero-order valence-electron chi connectivity index (χ0n) is 27.0. The lowest BCUT2D eigenvalue weighted by Gasteiger charge is -2.45. The highest BCUT2D eigenvalue weighted by atomic mass is 16.5. The Balaban J connectivity index is 1.30. The van der Waals surface area contributed by atoms with E-state index in [9.17, 15) is 4.79 Å². The van der Waals surface area contributed by atoms with Crippen molar-refractivity contribution in [3.63, 3.8) is 0 Å². The molecule has 3 aliphatic heterocycles. The van der Waals surface area contributed by atoms with Crippen LogP contribution in [0.3, 0.4) is 0 Å². The molecule has 5 rings (SSSR count). The number of rotatable bonds is 11. The summed E-state index contributed by atoms with van der Waals surface area (Å²) in [5.41, 5.74) is 2.12. The molecule has 3 fully saturated rings. The molecule has 3 saturated heterocycles. The van der Waals surface area contributed by atoms with E-state index in [1.54, 1.807) is 14.2 Å². The van der Waals surface area contributed by atoms with Crippen LogP contribution in [0.4, 0.5) is 0 Å². The quantitative estimate of drug-likeness (QED) is 0.323. The third-order valence-corrected chi connectivity index (χ3v) is 9.92. The Bertz CT molecular complexity index is 1190. The van der Waals surface area contributed by atoms with Crippen LogP contribution in [0.2, 0.25) is 0 Å². The van der Waals surface area contributed by atoms with E-state index >= 15 is 0 Å². The van der Waals surface area contributed by atoms with Crippen molar-refractivity contribution in [1.82, 2.24) is 14.7 Å². The predicted octanol–water partition coefficient (Wildman–Crippen LogP) is 5.93. The summed E-state index contributed by atoms with van der Waals surface area (Å²) in [4.78, 5) is 21.3. The minimum absolute atomic E-state index is 0.103. The summed E-state index contributed by atoms with van der Waals surface area (Å²) in [6, 6.07) is 15.1. The number of likely N-dealkylation sites (tertiary alicyclic amines) is 3. The number of benzene rings is 2. The van der Waals surface area contributed by atoms with Gasteiger partial charge < -0.3 is 28.9 Å². The number of carbonyl (C=O) groups excluding carboxylic acids is 1. The van der Waals surface area contributed by atoms with E-state index in [0.29, 0.717) is 6.42 Å². The summed E-state index contributed by atoms with van der Waals surface area (Å²) in [5.74, 6) is 2.51. The van der Waals surface area contributed by atoms with Crippen LogP contribution in [0, 0.1) is 0 Å². The molecule has 43 heavy (non-hydrogen) atoms. The first-order valence-electron chi connectivity index (χ1n) is 16.6. The van der Waals surface area contributed by atoms with Crippen molar-refractivity contribution in [2.45, 2.75) is 89.2 Å². The minimum atomic E-state index is -0.125. The van der Waals surface area contributed by atoms with Gasteiger partial charge in [0.1, 0.15) is 5.75 Å². The van der Waals surface area contributed by atoms with Crippen molar-refractivity contribution in [3.8, 4) is 17.2 Å². The lowest BCUT2D eigenvalue weighted by atomic mass is 9.71. The molecule has 2 aromatic rings. The van der Waals surface area contributed by atoms with Crippen LogP contribution in [0.15, 0.2) is 42.5 Å². The Hall–Kier alpha value is -2.77. The lowest BCUT2D eigenvalue weighted by Crippen LogP contribution is -2.51. The van der Waals surface area contributed by atoms with Crippen LogP contribution in [-0.2, 0) is 16.6 Å². The van der Waals surface area contributed by atoms with Gasteiger partial charge in [0.25, 0.3) is 0 Å². The molecule has 0 spiro atoms. The average molecular weight is 592 g/mol. The first-order chi connectivity index (χ1) is 20.9. The molecule has 236 valence electrons. The maximum Gasteiger partial charge on any atom is 0.227 e. The number of hydrogen-bond donors (Lipinski definition) is 0. The molecule has 0 radical (unpaired) electrons. The van der Waals surface area contributed by atoms with Crippen LogP contribution in [0.25, 0.3) is 0 Å². The molecule has 0 aliphatic carbocycles. The van der Waals surface area contributed by atoms with Gasteiger partial charge in [0.05, 0.1) is 26.7 Å². The van der Waals surface area contributed by atoms with E-state index in [-0.39, 0.29) is 17.4 Å². The Morgan fingerprint density at radius 3 is 2.40 bits per heavy atom. The van der Waals surface area contributed by atoms with Crippen molar-refractivity contribution < 1.29 is 19.0 Å². The monoisotopic (exact) mass is 591 g/mol. The maximum absolute atomic E-state index is 13.8. The van der Waals surface area contributed by atoms with Gasteiger partial charge in [-0.25, -0.2) is 0 Å². The second-order valence-corrected chi connectivity index (χ2v) is 13.2. The summed E-state index contributed by atoms with van der Waals surface area (Å²) >= 11 is 0. The summed E-state index contributed by atoms with van der Waals surface area (Å²) in [6.07, 6.45) is 10.2. The molecule has 2 aromatic carbocycles. The largest absolute Gasteiger partial charge is 0.493 e. The van der Waals surface area contributed by atoms with E-state index in [1.807, 2.05) is 44.2 Å². The normalized spacial score (nSPS) is 22.5. The number of methoxy groups -OCH3 is 2. The SMILES string of the molecule is COc1ccc([C@@]2(CCN3CCC(N4CCCCC4)CC3)CCCN(C(=O)Cc3cccc(OC(C)C)c3)C2)cc1OC. The van der Waals surface area contributed by atoms with E-state index in [1.165, 1.54) is 63.8 Å². The van der Waals surface area contributed by atoms with Gasteiger partial charge in [-0.15, -0.1) is 0 Å². The fourth-order valence-electron chi connectivity index (χ4n) is 7.55. The van der Waals surface area contributed by atoms with Gasteiger partial charge in [0, 0.05) is 24.5 Å². The summed E-state index contributed by atoms with van der Waals surface area (Å²) in [7, 11) is 3.39. The van der Waals surface area contributed by atoms with Gasteiger partial charge in [-0.3, -0.25) is 4.79 Å². The van der Waals surface area contributed by atoms with Gasteiger partial charge in [-0.1, -0.05) is 24.6 Å². The molecule has 0 saturated carbocycles. The standard InChI is InChI=1S/C36H53N3O4/c1-28(2)43-32-11-8-10-29(24-32)25-35(40)39-20-9-16-36(27-39,30-12-13-33(41-3)34(26-30)42-4)17-23-37-21-14-31(15-22-37)38-18-6-5-7-19-38/h8,10-13,24,26,28,31H,5-7,9,14-23,25,27H2,1-4H3/t36-/m1/s1. The van der Waals surface area contributed by atoms with Crippen molar-refractivity contribution in [2.24, 2.45) is 0 Å². The van der Waals surface area contributed by atoms with E-state index in [4.69, 9.17) is 14.2 Å². The summed E-state index contributed by atoms with van der Waals surface area (Å²) < 4.78 is 17.2. The van der Waals surface area contributed by atoms with E-state index in [0.717, 1.165) is 67.8 Å². The van der Waals surface area contributed by atoms with Crippen LogP contribution in [0.5, 0.6) is 17.2 Å². The fourth-order valence-corrected chi connectivity index (χ4v) is 7.55. The Morgan fingerprint density at radius 1 is 0.907 bits per heavy atom. The third kappa shape index (κ3) is 8.04. The van der Waals surface area contributed by atoms with Crippen LogP contribution < -0.4 is 14.2 Å². The molecule has 7 heteroatoms. The highest BCUT2D eigenvalue weighted by molar-refractivity contribution is 5.79. The minimum Gasteiger partial charge on any atom is -0.493 e. The number of ether oxygens (including phenoxy) is 3. The van der Waals surface area contributed by atoms with E-state index in [2.05, 4.69) is 26.8 Å². The third-order valence-electron chi connectivity index (χ3n) is 9.92. The molecule has 0 N–H and O–H groups in total. The number of amides is 1. The number of nitrogens with zero attached hydrogens (tertiary/aromatic N) is 3. The second-order valence-electron chi connectivity index (χ2n) is 13.2. The Labute approximate surface area is 259 Å². The van der Waals surface area contributed by atoms with Gasteiger partial charge in [-0.05, 0) is 127 Å². The molecular weight excluding hydrogens is 538 g/mol. The van der Waals surface area contributed by atoms with Crippen molar-refractivity contribution in [3.05, 3.63) is 53.6 Å². The second kappa shape index (κ2) is 14.8. The number of piperidine rings is 3. The number of hydrogen-bond acceptors (Lipinski definition) is 6. The fraction of sp³-hybridized carbons (Fsp3) is 0.639. The predicted molar refractivity (Wildman–Crippen MR) is 172 cm³/mol. The van der Waals surface area contributed by atoms with Gasteiger partial charge in [0.15, 0.2) is 11.5 Å². The van der Waals surface area contributed by atoms with Crippen molar-refractivity contribution in [2.75, 3.05) is 60.0 Å². The van der Waals surface area contributed by atoms with Gasteiger partial charge in [0.2, 0.25) is 5.91 Å². The molecule has 3 aliphatic rings. The van der Waals surface area contributed by atoms with Gasteiger partial charge >= 0.3 is 0 Å². The van der Waals surface area contributed by atoms with Crippen LogP contribution in [0.1, 0.15) is 76.3 Å². The molecule has 3 heterocycles. The smallest absolute Gasteiger partial charge is 0.227 e. The first-order valence-corrected chi connectivity index (χ1v) is 16.6. The Morgan fingerprint density at radius 2 is 1.67 bits per heavy atom. The van der Waals surface area contributed by atoms with Crippen LogP contribution >= 0.6 is 0 Å². The zero-order chi connectivity index (χ0) is 30.2. The molecular formula is C36H53N3O4. The highest BCUT2D eigenvalue weighted by Gasteiger charge is 2.39. The molecule has 0 unspecified atom stereocenters. The van der Waals surface area contributed by atoms with Gasteiger partial charge in [-0.2, -0.15) is 0 Å². The van der Waals surface area contributed by atoms with E-state index < -0.39 is 0 Å². The molecule has 1 amide bonds. The van der Waals surface area contributed by atoms with Crippen molar-refractivity contribution in [1.29, 1.82) is 0 Å². The zero-order valence-corrected chi connectivity index (χ0v) is 27.0. The molecule has 0 bridgehead atoms. The molecule has 0 aromatic heterocycles.